The van der Waals surface area contributed by atoms with Crippen molar-refractivity contribution in [2.24, 2.45) is 5.92 Å². The number of likely N-dealkylation sites (tertiary alicyclic amines) is 2. The number of benzene rings is 2. The second kappa shape index (κ2) is 10.1. The molecular weight excluding hydrogens is 428 g/mol. The molecule has 2 aliphatic rings. The number of hydrogen-bond acceptors (Lipinski definition) is 5. The summed E-state index contributed by atoms with van der Waals surface area (Å²) in [7, 11) is 0. The van der Waals surface area contributed by atoms with E-state index in [9.17, 15) is 4.79 Å². The highest BCUT2D eigenvalue weighted by atomic mass is 32.2. The van der Waals surface area contributed by atoms with Crippen LogP contribution in [0.5, 0.6) is 0 Å². The molecule has 0 bridgehead atoms. The number of carbonyl (C=O) groups excluding carboxylic acids is 1. The van der Waals surface area contributed by atoms with Crippen LogP contribution in [0.2, 0.25) is 0 Å². The van der Waals surface area contributed by atoms with Gasteiger partial charge in [-0.05, 0) is 79.4 Å². The molecular formula is C27H32N4OS. The van der Waals surface area contributed by atoms with Crippen molar-refractivity contribution in [3.8, 4) is 0 Å². The number of amides is 1. The lowest BCUT2D eigenvalue weighted by Crippen LogP contribution is -2.45. The lowest BCUT2D eigenvalue weighted by atomic mass is 9.94. The minimum absolute atomic E-state index is 0.174. The number of rotatable bonds is 5. The summed E-state index contributed by atoms with van der Waals surface area (Å²) in [5.74, 6) is 1.12. The summed E-state index contributed by atoms with van der Waals surface area (Å²) in [4.78, 5) is 23.1. The van der Waals surface area contributed by atoms with Gasteiger partial charge in [-0.2, -0.15) is 0 Å². The maximum atomic E-state index is 13.2. The number of anilines is 1. The SMILES string of the molecule is Nc1cc(CN2CCC(C(=O)N3CCC(Sc4ccc5ccccc5c4)CC3)CC2)ccn1. The lowest BCUT2D eigenvalue weighted by molar-refractivity contribution is -0.138. The van der Waals surface area contributed by atoms with Gasteiger partial charge in [-0.1, -0.05) is 30.3 Å². The molecule has 33 heavy (non-hydrogen) atoms. The summed E-state index contributed by atoms with van der Waals surface area (Å²) in [6, 6.07) is 19.2. The smallest absolute Gasteiger partial charge is 0.225 e. The van der Waals surface area contributed by atoms with Gasteiger partial charge in [0.05, 0.1) is 0 Å². The van der Waals surface area contributed by atoms with Gasteiger partial charge in [0.25, 0.3) is 0 Å². The Bertz CT molecular complexity index is 1100. The number of piperidine rings is 2. The number of pyridine rings is 1. The third kappa shape index (κ3) is 5.50. The molecule has 172 valence electrons. The molecule has 3 heterocycles. The Hall–Kier alpha value is -2.57. The van der Waals surface area contributed by atoms with Crippen LogP contribution in [0, 0.1) is 5.92 Å². The Morgan fingerprint density at radius 2 is 1.70 bits per heavy atom. The van der Waals surface area contributed by atoms with Crippen LogP contribution >= 0.6 is 11.8 Å². The maximum absolute atomic E-state index is 13.2. The van der Waals surface area contributed by atoms with Gasteiger partial charge in [0.2, 0.25) is 5.91 Å². The van der Waals surface area contributed by atoms with Gasteiger partial charge >= 0.3 is 0 Å². The summed E-state index contributed by atoms with van der Waals surface area (Å²) in [6.45, 7) is 4.59. The zero-order valence-corrected chi connectivity index (χ0v) is 19.8. The highest BCUT2D eigenvalue weighted by molar-refractivity contribution is 8.00. The molecule has 1 amide bonds. The van der Waals surface area contributed by atoms with Crippen molar-refractivity contribution >= 4 is 34.3 Å². The maximum Gasteiger partial charge on any atom is 0.225 e. The number of nitrogen functional groups attached to an aromatic ring is 1. The Morgan fingerprint density at radius 1 is 0.939 bits per heavy atom. The Balaban J connectivity index is 1.08. The molecule has 2 N–H and O–H groups in total. The van der Waals surface area contributed by atoms with E-state index >= 15 is 0 Å². The predicted molar refractivity (Wildman–Crippen MR) is 136 cm³/mol. The van der Waals surface area contributed by atoms with Crippen molar-refractivity contribution in [2.75, 3.05) is 31.9 Å². The Morgan fingerprint density at radius 3 is 2.45 bits per heavy atom. The van der Waals surface area contributed by atoms with Gasteiger partial charge < -0.3 is 10.6 Å². The number of aromatic nitrogens is 1. The van der Waals surface area contributed by atoms with Crippen LogP contribution in [0.25, 0.3) is 10.8 Å². The number of fused-ring (bicyclic) bond motifs is 1. The van der Waals surface area contributed by atoms with Crippen molar-refractivity contribution < 1.29 is 4.79 Å². The van der Waals surface area contributed by atoms with Gasteiger partial charge in [0, 0.05) is 41.9 Å². The van der Waals surface area contributed by atoms with E-state index in [0.29, 0.717) is 17.0 Å². The molecule has 6 heteroatoms. The number of thioether (sulfide) groups is 1. The van der Waals surface area contributed by atoms with Crippen molar-refractivity contribution in [1.82, 2.24) is 14.8 Å². The predicted octanol–water partition coefficient (Wildman–Crippen LogP) is 4.81. The minimum atomic E-state index is 0.174. The summed E-state index contributed by atoms with van der Waals surface area (Å²) in [6.07, 6.45) is 5.82. The zero-order valence-electron chi connectivity index (χ0n) is 19.0. The van der Waals surface area contributed by atoms with Crippen LogP contribution in [0.3, 0.4) is 0 Å². The molecule has 2 aliphatic heterocycles. The van der Waals surface area contributed by atoms with Gasteiger partial charge in [-0.15, -0.1) is 11.8 Å². The molecule has 0 aliphatic carbocycles. The summed E-state index contributed by atoms with van der Waals surface area (Å²) in [5, 5.41) is 3.18. The normalized spacial score (nSPS) is 18.6. The molecule has 0 atom stereocenters. The molecule has 3 aromatic rings. The van der Waals surface area contributed by atoms with Crippen LogP contribution in [-0.4, -0.2) is 52.1 Å². The van der Waals surface area contributed by atoms with Crippen molar-refractivity contribution in [2.45, 2.75) is 42.4 Å². The second-order valence-corrected chi connectivity index (χ2v) is 10.7. The lowest BCUT2D eigenvalue weighted by Gasteiger charge is -2.37. The first-order valence-corrected chi connectivity index (χ1v) is 12.9. The van der Waals surface area contributed by atoms with Crippen LogP contribution in [0.15, 0.2) is 65.7 Å². The third-order valence-electron chi connectivity index (χ3n) is 6.97. The second-order valence-electron chi connectivity index (χ2n) is 9.29. The summed E-state index contributed by atoms with van der Waals surface area (Å²) < 4.78 is 0. The van der Waals surface area contributed by atoms with E-state index in [1.165, 1.54) is 21.2 Å². The molecule has 0 spiro atoms. The monoisotopic (exact) mass is 460 g/mol. The fraction of sp³-hybridized carbons (Fsp3) is 0.407. The number of nitrogens with zero attached hydrogens (tertiary/aromatic N) is 3. The van der Waals surface area contributed by atoms with E-state index in [1.54, 1.807) is 6.20 Å². The molecule has 0 saturated carbocycles. The largest absolute Gasteiger partial charge is 0.384 e. The van der Waals surface area contributed by atoms with E-state index in [2.05, 4.69) is 57.2 Å². The molecule has 2 fully saturated rings. The van der Waals surface area contributed by atoms with Gasteiger partial charge in [0.1, 0.15) is 5.82 Å². The fourth-order valence-electron chi connectivity index (χ4n) is 5.07. The molecule has 5 rings (SSSR count). The summed E-state index contributed by atoms with van der Waals surface area (Å²) in [5.41, 5.74) is 6.99. The topological polar surface area (TPSA) is 62.5 Å². The molecule has 2 saturated heterocycles. The van der Waals surface area contributed by atoms with Crippen molar-refractivity contribution in [1.29, 1.82) is 0 Å². The third-order valence-corrected chi connectivity index (χ3v) is 8.30. The number of hydrogen-bond donors (Lipinski definition) is 1. The van der Waals surface area contributed by atoms with Gasteiger partial charge in [-0.3, -0.25) is 9.69 Å². The highest BCUT2D eigenvalue weighted by Crippen LogP contribution is 2.33. The summed E-state index contributed by atoms with van der Waals surface area (Å²) >= 11 is 1.97. The first-order valence-electron chi connectivity index (χ1n) is 12.0. The van der Waals surface area contributed by atoms with Crippen molar-refractivity contribution in [3.63, 3.8) is 0 Å². The molecule has 2 aromatic carbocycles. The average Bonchev–Trinajstić information content (AvgIpc) is 2.85. The van der Waals surface area contributed by atoms with Crippen LogP contribution in [0.4, 0.5) is 5.82 Å². The van der Waals surface area contributed by atoms with Gasteiger partial charge in [-0.25, -0.2) is 4.98 Å². The average molecular weight is 461 g/mol. The van der Waals surface area contributed by atoms with E-state index in [1.807, 2.05) is 23.9 Å². The fourth-order valence-corrected chi connectivity index (χ4v) is 6.25. The zero-order chi connectivity index (χ0) is 22.6. The Labute approximate surface area is 200 Å². The molecule has 0 unspecified atom stereocenters. The van der Waals surface area contributed by atoms with E-state index in [0.717, 1.165) is 58.4 Å². The van der Waals surface area contributed by atoms with E-state index in [-0.39, 0.29) is 5.92 Å². The number of nitrogens with two attached hydrogens (primary N) is 1. The van der Waals surface area contributed by atoms with Crippen LogP contribution < -0.4 is 5.73 Å². The van der Waals surface area contributed by atoms with Gasteiger partial charge in [0.15, 0.2) is 0 Å². The first kappa shape index (κ1) is 22.2. The van der Waals surface area contributed by atoms with E-state index < -0.39 is 0 Å². The molecule has 1 aromatic heterocycles. The minimum Gasteiger partial charge on any atom is -0.384 e. The number of carbonyl (C=O) groups is 1. The van der Waals surface area contributed by atoms with Crippen LogP contribution in [0.1, 0.15) is 31.2 Å². The quantitative estimate of drug-likeness (QED) is 0.592. The van der Waals surface area contributed by atoms with E-state index in [4.69, 9.17) is 5.73 Å². The highest BCUT2D eigenvalue weighted by Gasteiger charge is 2.31. The Kier molecular flexibility index (Phi) is 6.83. The van der Waals surface area contributed by atoms with Crippen LogP contribution in [-0.2, 0) is 11.3 Å². The molecule has 0 radical (unpaired) electrons. The standard InChI is InChI=1S/C27H32N4OS/c28-26-17-20(7-12-29-26)19-30-13-8-22(9-14-30)27(32)31-15-10-24(11-16-31)33-25-6-5-21-3-1-2-4-23(21)18-25/h1-7,12,17-18,22,24H,8-11,13-16,19H2,(H2,28,29). The van der Waals surface area contributed by atoms with Crippen molar-refractivity contribution in [3.05, 3.63) is 66.4 Å². The molecule has 5 nitrogen and oxygen atoms in total. The first-order chi connectivity index (χ1) is 16.1.